The van der Waals surface area contributed by atoms with E-state index >= 15 is 0 Å². The normalized spacial score (nSPS) is 17.5. The van der Waals surface area contributed by atoms with Gasteiger partial charge in [0.1, 0.15) is 5.75 Å². The number of rotatable bonds is 7. The summed E-state index contributed by atoms with van der Waals surface area (Å²) in [5.74, 6) is 1.14. The highest BCUT2D eigenvalue weighted by Crippen LogP contribution is 2.29. The van der Waals surface area contributed by atoms with Crippen LogP contribution in [0, 0.1) is 0 Å². The Morgan fingerprint density at radius 1 is 1.40 bits per heavy atom. The van der Waals surface area contributed by atoms with Crippen LogP contribution in [0.15, 0.2) is 18.2 Å². The highest BCUT2D eigenvalue weighted by atomic mass is 35.5. The number of amides is 1. The van der Waals surface area contributed by atoms with Crippen LogP contribution in [-0.4, -0.2) is 43.2 Å². The number of ether oxygens (including phenoxy) is 2. The smallest absolute Gasteiger partial charge is 0.225 e. The topological polar surface area (TPSA) is 64.8 Å². The number of fused-ring (bicyclic) bond motifs is 1. The first-order valence-electron chi connectivity index (χ1n) is 8.98. The molecule has 1 aliphatic heterocycles. The van der Waals surface area contributed by atoms with Crippen molar-refractivity contribution in [2.24, 2.45) is 5.73 Å². The minimum Gasteiger partial charge on any atom is -0.493 e. The molecule has 0 radical (unpaired) electrons. The van der Waals surface area contributed by atoms with Crippen LogP contribution < -0.4 is 10.5 Å². The Labute approximate surface area is 156 Å². The van der Waals surface area contributed by atoms with Crippen molar-refractivity contribution in [1.29, 1.82) is 0 Å². The molecular weight excluding hydrogens is 340 g/mol. The molecule has 2 N–H and O–H groups in total. The van der Waals surface area contributed by atoms with E-state index in [1.54, 1.807) is 7.11 Å². The summed E-state index contributed by atoms with van der Waals surface area (Å²) in [6, 6.07) is 6.65. The summed E-state index contributed by atoms with van der Waals surface area (Å²) in [6.45, 7) is 1.80. The van der Waals surface area contributed by atoms with E-state index < -0.39 is 0 Å². The zero-order chi connectivity index (χ0) is 16.9. The molecule has 0 spiro atoms. The number of halogens is 1. The third-order valence-electron chi connectivity index (χ3n) is 5.19. The molecule has 6 heteroatoms. The Bertz CT molecular complexity index is 572. The molecule has 140 valence electrons. The van der Waals surface area contributed by atoms with Crippen molar-refractivity contribution in [3.63, 3.8) is 0 Å². The summed E-state index contributed by atoms with van der Waals surface area (Å²) in [7, 11) is 1.62. The van der Waals surface area contributed by atoms with E-state index in [0.717, 1.165) is 31.6 Å². The molecule has 1 aliphatic carbocycles. The summed E-state index contributed by atoms with van der Waals surface area (Å²) >= 11 is 0. The minimum absolute atomic E-state index is 0. The monoisotopic (exact) mass is 368 g/mol. The van der Waals surface area contributed by atoms with Crippen LogP contribution in [0.4, 0.5) is 0 Å². The maximum Gasteiger partial charge on any atom is 0.225 e. The molecule has 0 saturated heterocycles. The van der Waals surface area contributed by atoms with Crippen LogP contribution in [0.5, 0.6) is 5.75 Å². The molecule has 1 atom stereocenters. The largest absolute Gasteiger partial charge is 0.493 e. The van der Waals surface area contributed by atoms with Gasteiger partial charge < -0.3 is 20.1 Å². The molecule has 1 saturated carbocycles. The lowest BCUT2D eigenvalue weighted by molar-refractivity contribution is -0.136. The second-order valence-corrected chi connectivity index (χ2v) is 6.80. The standard InChI is InChI=1S/C19H28N2O3.ClH/c1-23-17(12-20)11-19(22)21(16-4-2-3-5-16)13-14-6-7-18-15(10-14)8-9-24-18;/h6-7,10,16-17H,2-5,8-9,11-13,20H2,1H3;1H. The second kappa shape index (κ2) is 9.41. The van der Waals surface area contributed by atoms with Gasteiger partial charge in [0.25, 0.3) is 0 Å². The number of methoxy groups -OCH3 is 1. The van der Waals surface area contributed by atoms with E-state index in [2.05, 4.69) is 12.1 Å². The molecule has 0 bridgehead atoms. The van der Waals surface area contributed by atoms with Crippen molar-refractivity contribution >= 4 is 18.3 Å². The number of carbonyl (C=O) groups excluding carboxylic acids is 1. The molecule has 1 heterocycles. The van der Waals surface area contributed by atoms with Crippen LogP contribution in [-0.2, 0) is 22.5 Å². The zero-order valence-corrected chi connectivity index (χ0v) is 15.7. The molecule has 0 aromatic heterocycles. The fourth-order valence-corrected chi connectivity index (χ4v) is 3.75. The summed E-state index contributed by atoms with van der Waals surface area (Å²) in [5, 5.41) is 0. The van der Waals surface area contributed by atoms with Crippen LogP contribution in [0.3, 0.4) is 0 Å². The molecule has 25 heavy (non-hydrogen) atoms. The average Bonchev–Trinajstić information content (AvgIpc) is 3.28. The number of carbonyl (C=O) groups is 1. The number of nitrogens with two attached hydrogens (primary N) is 1. The second-order valence-electron chi connectivity index (χ2n) is 6.80. The Kier molecular flexibility index (Phi) is 7.54. The van der Waals surface area contributed by atoms with Crippen molar-refractivity contribution in [3.8, 4) is 5.75 Å². The van der Waals surface area contributed by atoms with Gasteiger partial charge in [-0.25, -0.2) is 0 Å². The highest BCUT2D eigenvalue weighted by molar-refractivity contribution is 5.85. The lowest BCUT2D eigenvalue weighted by Gasteiger charge is -2.30. The van der Waals surface area contributed by atoms with Gasteiger partial charge in [0.15, 0.2) is 0 Å². The fraction of sp³-hybridized carbons (Fsp3) is 0.632. The average molecular weight is 369 g/mol. The third-order valence-corrected chi connectivity index (χ3v) is 5.19. The number of nitrogens with zero attached hydrogens (tertiary/aromatic N) is 1. The van der Waals surface area contributed by atoms with E-state index in [-0.39, 0.29) is 24.4 Å². The Hall–Kier alpha value is -1.30. The molecular formula is C19H29ClN2O3. The SMILES string of the molecule is COC(CN)CC(=O)N(Cc1ccc2c(c1)CCO2)C1CCCC1.Cl. The molecule has 1 aromatic carbocycles. The fourth-order valence-electron chi connectivity index (χ4n) is 3.75. The minimum atomic E-state index is -0.199. The van der Waals surface area contributed by atoms with Gasteiger partial charge in [-0.15, -0.1) is 12.4 Å². The van der Waals surface area contributed by atoms with Gasteiger partial charge >= 0.3 is 0 Å². The predicted molar refractivity (Wildman–Crippen MR) is 100 cm³/mol. The van der Waals surface area contributed by atoms with Crippen LogP contribution in [0.25, 0.3) is 0 Å². The van der Waals surface area contributed by atoms with Crippen molar-refractivity contribution in [2.45, 2.75) is 57.2 Å². The maximum absolute atomic E-state index is 12.9. The molecule has 2 aliphatic rings. The van der Waals surface area contributed by atoms with E-state index in [9.17, 15) is 4.79 Å². The lowest BCUT2D eigenvalue weighted by atomic mass is 10.1. The van der Waals surface area contributed by atoms with Crippen LogP contribution in [0.1, 0.15) is 43.2 Å². The van der Waals surface area contributed by atoms with E-state index in [1.807, 2.05) is 11.0 Å². The van der Waals surface area contributed by atoms with Gasteiger partial charge in [-0.2, -0.15) is 0 Å². The Balaban J connectivity index is 0.00000225. The van der Waals surface area contributed by atoms with Crippen molar-refractivity contribution in [1.82, 2.24) is 4.90 Å². The Morgan fingerprint density at radius 2 is 2.16 bits per heavy atom. The number of benzene rings is 1. The summed E-state index contributed by atoms with van der Waals surface area (Å²) in [5.41, 5.74) is 8.12. The molecule has 3 rings (SSSR count). The summed E-state index contributed by atoms with van der Waals surface area (Å²) < 4.78 is 10.9. The Morgan fingerprint density at radius 3 is 2.84 bits per heavy atom. The molecule has 1 unspecified atom stereocenters. The maximum atomic E-state index is 12.9. The van der Waals surface area contributed by atoms with Gasteiger partial charge in [-0.3, -0.25) is 4.79 Å². The summed E-state index contributed by atoms with van der Waals surface area (Å²) in [4.78, 5) is 14.9. The molecule has 5 nitrogen and oxygen atoms in total. The first-order chi connectivity index (χ1) is 11.7. The van der Waals surface area contributed by atoms with Gasteiger partial charge in [-0.1, -0.05) is 25.0 Å². The first-order valence-corrected chi connectivity index (χ1v) is 8.98. The molecule has 1 aromatic rings. The van der Waals surface area contributed by atoms with E-state index in [4.69, 9.17) is 15.2 Å². The number of hydrogen-bond donors (Lipinski definition) is 1. The van der Waals surface area contributed by atoms with E-state index in [0.29, 0.717) is 25.6 Å². The van der Waals surface area contributed by atoms with Crippen LogP contribution in [0.2, 0.25) is 0 Å². The zero-order valence-electron chi connectivity index (χ0n) is 14.9. The molecule has 1 amide bonds. The van der Waals surface area contributed by atoms with Crippen molar-refractivity contribution in [3.05, 3.63) is 29.3 Å². The van der Waals surface area contributed by atoms with Gasteiger partial charge in [0.2, 0.25) is 5.91 Å². The third kappa shape index (κ3) is 4.87. The predicted octanol–water partition coefficient (Wildman–Crippen LogP) is 2.68. The van der Waals surface area contributed by atoms with Gasteiger partial charge in [0.05, 0.1) is 19.1 Å². The number of hydrogen-bond acceptors (Lipinski definition) is 4. The van der Waals surface area contributed by atoms with Crippen molar-refractivity contribution < 1.29 is 14.3 Å². The van der Waals surface area contributed by atoms with E-state index in [1.165, 1.54) is 24.0 Å². The summed E-state index contributed by atoms with van der Waals surface area (Å²) in [6.07, 6.45) is 5.72. The molecule has 1 fully saturated rings. The highest BCUT2D eigenvalue weighted by Gasteiger charge is 2.28. The van der Waals surface area contributed by atoms with Crippen LogP contribution >= 0.6 is 12.4 Å². The first kappa shape index (κ1) is 20.0. The van der Waals surface area contributed by atoms with Gasteiger partial charge in [-0.05, 0) is 30.0 Å². The lowest BCUT2D eigenvalue weighted by Crippen LogP contribution is -2.41. The van der Waals surface area contributed by atoms with Gasteiger partial charge in [0, 0.05) is 32.7 Å². The van der Waals surface area contributed by atoms with Crippen molar-refractivity contribution in [2.75, 3.05) is 20.3 Å². The quantitative estimate of drug-likeness (QED) is 0.803.